The van der Waals surface area contributed by atoms with E-state index in [0.29, 0.717) is 31.5 Å². The summed E-state index contributed by atoms with van der Waals surface area (Å²) >= 11 is 0. The van der Waals surface area contributed by atoms with Crippen LogP contribution >= 0.6 is 0 Å². The molecule has 0 saturated carbocycles. The molecule has 0 fully saturated rings. The largest absolute Gasteiger partial charge is 0.466 e. The molecule has 34 heavy (non-hydrogen) atoms. The van der Waals surface area contributed by atoms with Crippen molar-refractivity contribution in [3.05, 3.63) is 0 Å². The molecule has 0 N–H and O–H groups in total. The lowest BCUT2D eigenvalue weighted by Gasteiger charge is -2.22. The van der Waals surface area contributed by atoms with Gasteiger partial charge in [-0.25, -0.2) is 0 Å². The van der Waals surface area contributed by atoms with Crippen LogP contribution in [-0.2, 0) is 19.1 Å². The average molecular weight is 483 g/mol. The van der Waals surface area contributed by atoms with E-state index in [1.54, 1.807) is 0 Å². The number of hydrogen-bond donors (Lipinski definition) is 0. The lowest BCUT2D eigenvalue weighted by atomic mass is 9.87. The second-order valence-corrected chi connectivity index (χ2v) is 11.7. The van der Waals surface area contributed by atoms with E-state index in [0.717, 1.165) is 51.4 Å². The molecule has 0 aromatic carbocycles. The van der Waals surface area contributed by atoms with Crippen molar-refractivity contribution in [3.63, 3.8) is 0 Å². The van der Waals surface area contributed by atoms with E-state index in [1.807, 2.05) is 13.8 Å². The normalized spacial score (nSPS) is 11.9. The summed E-state index contributed by atoms with van der Waals surface area (Å²) < 4.78 is 10.8. The first-order valence-electron chi connectivity index (χ1n) is 14.5. The van der Waals surface area contributed by atoms with Crippen LogP contribution in [0, 0.1) is 17.3 Å². The van der Waals surface area contributed by atoms with Crippen LogP contribution in [0.25, 0.3) is 0 Å². The Bertz CT molecular complexity index is 496. The van der Waals surface area contributed by atoms with Crippen LogP contribution in [0.2, 0.25) is 0 Å². The lowest BCUT2D eigenvalue weighted by Crippen LogP contribution is -2.27. The maximum atomic E-state index is 12.3. The highest BCUT2D eigenvalue weighted by Crippen LogP contribution is 2.26. The van der Waals surface area contributed by atoms with Crippen LogP contribution in [0.1, 0.15) is 151 Å². The Balaban J connectivity index is 3.45. The molecule has 0 radical (unpaired) electrons. The van der Waals surface area contributed by atoms with Crippen LogP contribution in [0.4, 0.5) is 0 Å². The molecule has 0 unspecified atom stereocenters. The molecular formula is C30H58O4. The van der Waals surface area contributed by atoms with Gasteiger partial charge >= 0.3 is 11.9 Å². The van der Waals surface area contributed by atoms with E-state index < -0.39 is 0 Å². The Morgan fingerprint density at radius 3 is 1.47 bits per heavy atom. The molecule has 0 aromatic heterocycles. The third-order valence-corrected chi connectivity index (χ3v) is 6.58. The van der Waals surface area contributed by atoms with Gasteiger partial charge in [0.15, 0.2) is 0 Å². The van der Waals surface area contributed by atoms with Crippen LogP contribution in [0.5, 0.6) is 0 Å². The lowest BCUT2D eigenvalue weighted by molar-refractivity contribution is -0.154. The third kappa shape index (κ3) is 21.5. The van der Waals surface area contributed by atoms with Gasteiger partial charge in [-0.1, -0.05) is 91.9 Å². The standard InChI is InChI=1S/C30H58O4/c1-26(2)20-18-24-33-28(31)22-16-14-12-10-8-7-9-11-13-15-17-23-30(5,6)29(32)34-25-19-21-27(3)4/h26-27H,7-25H2,1-6H3. The first-order valence-corrected chi connectivity index (χ1v) is 14.5. The van der Waals surface area contributed by atoms with Crippen molar-refractivity contribution in [3.8, 4) is 0 Å². The van der Waals surface area contributed by atoms with Gasteiger partial charge in [0.2, 0.25) is 0 Å². The highest BCUT2D eigenvalue weighted by atomic mass is 16.5. The van der Waals surface area contributed by atoms with Gasteiger partial charge in [0.05, 0.1) is 18.6 Å². The maximum Gasteiger partial charge on any atom is 0.311 e. The molecular weight excluding hydrogens is 424 g/mol. The molecule has 0 aromatic rings. The van der Waals surface area contributed by atoms with Crippen molar-refractivity contribution in [2.24, 2.45) is 17.3 Å². The third-order valence-electron chi connectivity index (χ3n) is 6.58. The fourth-order valence-electron chi connectivity index (χ4n) is 4.13. The summed E-state index contributed by atoms with van der Waals surface area (Å²) in [5.41, 5.74) is -0.359. The smallest absolute Gasteiger partial charge is 0.311 e. The average Bonchev–Trinajstić information content (AvgIpc) is 2.76. The second kappa shape index (κ2) is 21.2. The molecule has 0 bridgehead atoms. The highest BCUT2D eigenvalue weighted by molar-refractivity contribution is 5.75. The zero-order valence-corrected chi connectivity index (χ0v) is 23.7. The van der Waals surface area contributed by atoms with Gasteiger partial charge in [0.25, 0.3) is 0 Å². The van der Waals surface area contributed by atoms with Gasteiger partial charge in [-0.05, 0) is 64.2 Å². The molecule has 0 atom stereocenters. The molecule has 0 aliphatic carbocycles. The SMILES string of the molecule is CC(C)CCCOC(=O)CCCCCCCCCCCCCC(C)(C)C(=O)OCCCC(C)C. The zero-order valence-electron chi connectivity index (χ0n) is 23.7. The number of carbonyl (C=O) groups excluding carboxylic acids is 2. The van der Waals surface area contributed by atoms with Gasteiger partial charge in [-0.2, -0.15) is 0 Å². The molecule has 0 spiro atoms. The summed E-state index contributed by atoms with van der Waals surface area (Å²) in [5, 5.41) is 0. The molecule has 0 amide bonds. The van der Waals surface area contributed by atoms with E-state index in [2.05, 4.69) is 27.7 Å². The Morgan fingerprint density at radius 2 is 1.00 bits per heavy atom. The van der Waals surface area contributed by atoms with Crippen molar-refractivity contribution in [2.45, 2.75) is 151 Å². The molecule has 0 rings (SSSR count). The molecule has 0 heterocycles. The maximum absolute atomic E-state index is 12.3. The Hall–Kier alpha value is -1.06. The van der Waals surface area contributed by atoms with Crippen molar-refractivity contribution < 1.29 is 19.1 Å². The van der Waals surface area contributed by atoms with E-state index in [-0.39, 0.29) is 17.4 Å². The fourth-order valence-corrected chi connectivity index (χ4v) is 4.13. The van der Waals surface area contributed by atoms with Gasteiger partial charge in [0, 0.05) is 6.42 Å². The van der Waals surface area contributed by atoms with Gasteiger partial charge in [-0.3, -0.25) is 9.59 Å². The minimum atomic E-state index is -0.359. The van der Waals surface area contributed by atoms with Crippen molar-refractivity contribution in [1.29, 1.82) is 0 Å². The Morgan fingerprint density at radius 1 is 0.588 bits per heavy atom. The number of ether oxygens (including phenoxy) is 2. The number of unbranched alkanes of at least 4 members (excludes halogenated alkanes) is 10. The predicted molar refractivity (Wildman–Crippen MR) is 144 cm³/mol. The van der Waals surface area contributed by atoms with Crippen molar-refractivity contribution >= 4 is 11.9 Å². The highest BCUT2D eigenvalue weighted by Gasteiger charge is 2.28. The van der Waals surface area contributed by atoms with Crippen molar-refractivity contribution in [1.82, 2.24) is 0 Å². The zero-order chi connectivity index (χ0) is 25.7. The molecule has 4 nitrogen and oxygen atoms in total. The van der Waals surface area contributed by atoms with Crippen LogP contribution in [-0.4, -0.2) is 25.2 Å². The molecule has 0 aliphatic rings. The summed E-state index contributed by atoms with van der Waals surface area (Å²) in [7, 11) is 0. The minimum Gasteiger partial charge on any atom is -0.466 e. The summed E-state index contributed by atoms with van der Waals surface area (Å²) in [6.07, 6.45) is 19.1. The van der Waals surface area contributed by atoms with E-state index in [4.69, 9.17) is 9.47 Å². The minimum absolute atomic E-state index is 0.0225. The summed E-state index contributed by atoms with van der Waals surface area (Å²) in [4.78, 5) is 24.0. The fraction of sp³-hybridized carbons (Fsp3) is 0.933. The summed E-state index contributed by atoms with van der Waals surface area (Å²) in [5.74, 6) is 1.29. The Kier molecular flexibility index (Phi) is 20.6. The van der Waals surface area contributed by atoms with Gasteiger partial charge in [-0.15, -0.1) is 0 Å². The number of esters is 2. The van der Waals surface area contributed by atoms with E-state index in [9.17, 15) is 9.59 Å². The molecule has 202 valence electrons. The van der Waals surface area contributed by atoms with Crippen molar-refractivity contribution in [2.75, 3.05) is 13.2 Å². The number of carbonyl (C=O) groups is 2. The van der Waals surface area contributed by atoms with E-state index >= 15 is 0 Å². The number of rotatable bonds is 23. The van der Waals surface area contributed by atoms with Crippen LogP contribution < -0.4 is 0 Å². The monoisotopic (exact) mass is 482 g/mol. The van der Waals surface area contributed by atoms with Crippen LogP contribution in [0.15, 0.2) is 0 Å². The summed E-state index contributed by atoms with van der Waals surface area (Å²) in [6, 6.07) is 0. The molecule has 0 aliphatic heterocycles. The van der Waals surface area contributed by atoms with Crippen LogP contribution in [0.3, 0.4) is 0 Å². The first-order chi connectivity index (χ1) is 16.1. The molecule has 0 saturated heterocycles. The van der Waals surface area contributed by atoms with E-state index in [1.165, 1.54) is 51.4 Å². The van der Waals surface area contributed by atoms with Gasteiger partial charge in [0.1, 0.15) is 0 Å². The topological polar surface area (TPSA) is 52.6 Å². The quantitative estimate of drug-likeness (QED) is 0.108. The van der Waals surface area contributed by atoms with Gasteiger partial charge < -0.3 is 9.47 Å². The summed E-state index contributed by atoms with van der Waals surface area (Å²) in [6.45, 7) is 14.0. The number of hydrogen-bond acceptors (Lipinski definition) is 4. The second-order valence-electron chi connectivity index (χ2n) is 11.7. The Labute approximate surface area is 212 Å². The first kappa shape index (κ1) is 32.9. The predicted octanol–water partition coefficient (Wildman–Crippen LogP) is 9.04. The molecule has 4 heteroatoms.